The van der Waals surface area contributed by atoms with Gasteiger partial charge in [-0.15, -0.1) is 17.2 Å². The summed E-state index contributed by atoms with van der Waals surface area (Å²) in [6, 6.07) is 0. The number of hydrogen-bond acceptors (Lipinski definition) is 0. The lowest BCUT2D eigenvalue weighted by molar-refractivity contribution is 1.36. The molecule has 6 heteroatoms. The van der Waals surface area contributed by atoms with Crippen molar-refractivity contribution in [1.82, 2.24) is 17.2 Å². The minimum Gasteiger partial charge on any atom is -0.148 e. The van der Waals surface area contributed by atoms with Gasteiger partial charge in [-0.3, -0.25) is 0 Å². The van der Waals surface area contributed by atoms with E-state index in [0.717, 1.165) is 0 Å². The Morgan fingerprint density at radius 2 is 1.17 bits per heavy atom. The van der Waals surface area contributed by atoms with Crippen molar-refractivity contribution >= 4 is 56.2 Å². The zero-order chi connectivity index (χ0) is 9.46. The lowest BCUT2D eigenvalue weighted by atomic mass is 10.2. The van der Waals surface area contributed by atoms with E-state index < -0.39 is 17.1 Å². The summed E-state index contributed by atoms with van der Waals surface area (Å²) < 4.78 is -0.0460. The van der Waals surface area contributed by atoms with E-state index in [1.54, 1.807) is 0 Å². The second-order valence-corrected chi connectivity index (χ2v) is 3.54. The molecule has 60 valence electrons. The van der Waals surface area contributed by atoms with Gasteiger partial charge in [-0.2, -0.15) is 0 Å². The summed E-state index contributed by atoms with van der Waals surface area (Å²) >= 11 is 13.7. The Labute approximate surface area is 87.9 Å². The number of hydrogen-bond donors (Lipinski definition) is 0. The van der Waals surface area contributed by atoms with Crippen LogP contribution < -0.4 is 17.2 Å². The Morgan fingerprint density at radius 3 is 1.50 bits per heavy atom. The van der Waals surface area contributed by atoms with Gasteiger partial charge in [0.2, 0.25) is 0 Å². The van der Waals surface area contributed by atoms with Crippen molar-refractivity contribution in [2.75, 3.05) is 0 Å². The Kier molecular flexibility index (Phi) is 2.61. The van der Waals surface area contributed by atoms with E-state index in [4.69, 9.17) is 40.4 Å². The van der Waals surface area contributed by atoms with Gasteiger partial charge >= 0.3 is 0 Å². The molecule has 0 N–H and O–H groups in total. The lowest BCUT2D eigenvalue weighted by Crippen LogP contribution is -1.85. The molecule has 12 heavy (non-hydrogen) atoms. The molecule has 0 unspecified atom stereocenters. The Balaban J connectivity index is 3.60. The molecule has 0 saturated heterocycles. The first kappa shape index (κ1) is 9.77. The van der Waals surface area contributed by atoms with Crippen LogP contribution in [0.3, 0.4) is 0 Å². The van der Waals surface area contributed by atoms with Crippen molar-refractivity contribution < 1.29 is 0 Å². The molecule has 0 spiro atoms. The zero-order valence-corrected chi connectivity index (χ0v) is 8.57. The van der Waals surface area contributed by atoms with Gasteiger partial charge < -0.3 is 0 Å². The van der Waals surface area contributed by atoms with Gasteiger partial charge in [-0.05, 0) is 15.9 Å². The minimum atomic E-state index is -0.545. The highest BCUT2D eigenvalue weighted by molar-refractivity contribution is 9.10. The fourth-order valence-electron chi connectivity index (χ4n) is 0.626. The van der Waals surface area contributed by atoms with Crippen LogP contribution in [0.1, 0.15) is 0 Å². The van der Waals surface area contributed by atoms with Crippen molar-refractivity contribution in [1.29, 1.82) is 0 Å². The normalized spacial score (nSPS) is 10.2. The second-order valence-electron chi connectivity index (χ2n) is 1.99. The third kappa shape index (κ3) is 1.30. The van der Waals surface area contributed by atoms with Crippen LogP contribution in [-0.2, 0) is 0 Å². The predicted molar refractivity (Wildman–Crippen MR) is 49.5 cm³/mol. The highest BCUT2D eigenvalue weighted by Gasteiger charge is 2.19. The average molecular weight is 265 g/mol. The summed E-state index contributed by atoms with van der Waals surface area (Å²) in [5.41, 5.74) is 25.9. The van der Waals surface area contributed by atoms with E-state index in [1.807, 2.05) is 0 Å². The maximum atomic E-state index is 9.13. The van der Waals surface area contributed by atoms with E-state index in [9.17, 15) is 0 Å². The van der Waals surface area contributed by atoms with Crippen molar-refractivity contribution in [2.24, 2.45) is 0 Å². The molecule has 1 aromatic rings. The van der Waals surface area contributed by atoms with Gasteiger partial charge in [0.15, 0.2) is 0 Å². The van der Waals surface area contributed by atoms with Crippen LogP contribution >= 0.6 is 39.1 Å². The summed E-state index contributed by atoms with van der Waals surface area (Å²) in [6.45, 7) is 0. The van der Waals surface area contributed by atoms with Gasteiger partial charge in [-0.1, -0.05) is 23.2 Å². The Hall–Kier alpha value is -0.320. The standard InChI is InChI=1S/C6BrCl2N3/c7-1-4(10)2(8)6(12)3(9)5(1)11. The van der Waals surface area contributed by atoms with Crippen molar-refractivity contribution in [3.63, 3.8) is 0 Å². The first-order chi connectivity index (χ1) is 5.46. The fourth-order valence-corrected chi connectivity index (χ4v) is 1.68. The van der Waals surface area contributed by atoms with Crippen LogP contribution in [0.2, 0.25) is 10.0 Å². The number of halogens is 3. The maximum absolute atomic E-state index is 9.13. The lowest BCUT2D eigenvalue weighted by Gasteiger charge is -2.04. The van der Waals surface area contributed by atoms with Crippen LogP contribution in [0, 0.1) is 0 Å². The molecule has 0 fully saturated rings. The Bertz CT molecular complexity index is 235. The first-order valence-electron chi connectivity index (χ1n) is 2.74. The molecule has 0 heterocycles. The number of nitrogens with zero attached hydrogens (tertiary/aromatic N) is 3. The molecule has 6 radical (unpaired) electrons. The van der Waals surface area contributed by atoms with Crippen molar-refractivity contribution in [2.45, 2.75) is 0 Å². The summed E-state index contributed by atoms with van der Waals surface area (Å²) in [5, 5.41) is -0.602. The smallest absolute Gasteiger partial charge is 0.127 e. The van der Waals surface area contributed by atoms with E-state index in [0.29, 0.717) is 0 Å². The molecule has 0 amide bonds. The SMILES string of the molecule is [N]c1c(Cl)c([N])c(Br)c([N])c1Cl. The molecule has 3 nitrogen and oxygen atoms in total. The zero-order valence-electron chi connectivity index (χ0n) is 5.48. The van der Waals surface area contributed by atoms with E-state index >= 15 is 0 Å². The van der Waals surface area contributed by atoms with Crippen molar-refractivity contribution in [3.05, 3.63) is 14.5 Å². The van der Waals surface area contributed by atoms with Gasteiger partial charge in [0.25, 0.3) is 0 Å². The van der Waals surface area contributed by atoms with E-state index in [-0.39, 0.29) is 14.5 Å². The van der Waals surface area contributed by atoms with Crippen LogP contribution in [0.4, 0.5) is 17.1 Å². The third-order valence-corrected chi connectivity index (χ3v) is 2.71. The first-order valence-corrected chi connectivity index (χ1v) is 4.29. The molecule has 0 aromatic heterocycles. The number of benzene rings is 1. The van der Waals surface area contributed by atoms with Crippen LogP contribution in [0.5, 0.6) is 0 Å². The molecular weight excluding hydrogens is 265 g/mol. The molecule has 1 rings (SSSR count). The summed E-state index contributed by atoms with van der Waals surface area (Å²) in [5.74, 6) is 0. The van der Waals surface area contributed by atoms with E-state index in [2.05, 4.69) is 15.9 Å². The summed E-state index contributed by atoms with van der Waals surface area (Å²) in [7, 11) is 0. The molecule has 0 aliphatic carbocycles. The van der Waals surface area contributed by atoms with Crippen LogP contribution in [-0.4, -0.2) is 0 Å². The highest BCUT2D eigenvalue weighted by Crippen LogP contribution is 2.45. The summed E-state index contributed by atoms with van der Waals surface area (Å²) in [4.78, 5) is 0. The third-order valence-electron chi connectivity index (χ3n) is 1.25. The van der Waals surface area contributed by atoms with Gasteiger partial charge in [-0.25, -0.2) is 0 Å². The number of rotatable bonds is 0. The molecule has 0 atom stereocenters. The molecule has 0 aliphatic rings. The largest absolute Gasteiger partial charge is 0.148 e. The average Bonchev–Trinajstić information content (AvgIpc) is 2.08. The highest BCUT2D eigenvalue weighted by atomic mass is 79.9. The van der Waals surface area contributed by atoms with Gasteiger partial charge in [0.05, 0.1) is 14.5 Å². The molecule has 0 bridgehead atoms. The van der Waals surface area contributed by atoms with Crippen LogP contribution in [0.25, 0.3) is 0 Å². The topological polar surface area (TPSA) is 66.9 Å². The van der Waals surface area contributed by atoms with Crippen molar-refractivity contribution in [3.8, 4) is 0 Å². The van der Waals surface area contributed by atoms with Gasteiger partial charge in [0, 0.05) is 0 Å². The van der Waals surface area contributed by atoms with Gasteiger partial charge in [0.1, 0.15) is 17.1 Å². The van der Waals surface area contributed by atoms with E-state index in [1.165, 1.54) is 0 Å². The monoisotopic (exact) mass is 263 g/mol. The summed E-state index contributed by atoms with van der Waals surface area (Å²) in [6.07, 6.45) is 0. The molecule has 0 saturated carbocycles. The minimum absolute atomic E-state index is 0.0460. The predicted octanol–water partition coefficient (Wildman–Crippen LogP) is 2.86. The molecule has 0 aliphatic heterocycles. The quantitative estimate of drug-likeness (QED) is 0.692. The maximum Gasteiger partial charge on any atom is 0.127 e. The Morgan fingerprint density at radius 1 is 0.833 bits per heavy atom. The molecular formula is C6BrCl2N3. The fraction of sp³-hybridized carbons (Fsp3) is 0. The second kappa shape index (κ2) is 3.20. The van der Waals surface area contributed by atoms with Crippen LogP contribution in [0.15, 0.2) is 4.47 Å². The molecule has 1 aromatic carbocycles.